The predicted octanol–water partition coefficient (Wildman–Crippen LogP) is 1.39. The van der Waals surface area contributed by atoms with Gasteiger partial charge in [-0.1, -0.05) is 0 Å². The third-order valence-corrected chi connectivity index (χ3v) is 3.70. The molecule has 8 nitrogen and oxygen atoms in total. The van der Waals surface area contributed by atoms with Crippen molar-refractivity contribution in [3.8, 4) is 0 Å². The maximum absolute atomic E-state index is 11.8. The van der Waals surface area contributed by atoms with E-state index in [4.69, 9.17) is 5.73 Å². The lowest BCUT2D eigenvalue weighted by Crippen LogP contribution is -2.20. The number of rotatable bonds is 3. The predicted molar refractivity (Wildman–Crippen MR) is 78.3 cm³/mol. The van der Waals surface area contributed by atoms with Gasteiger partial charge in [0.05, 0.1) is 23.1 Å². The molecule has 3 rings (SSSR count). The van der Waals surface area contributed by atoms with Gasteiger partial charge in [0, 0.05) is 12.1 Å². The van der Waals surface area contributed by atoms with Crippen molar-refractivity contribution < 1.29 is 4.92 Å². The first-order valence-electron chi connectivity index (χ1n) is 5.89. The molecule has 3 aromatic rings. The summed E-state index contributed by atoms with van der Waals surface area (Å²) in [5.41, 5.74) is 5.30. The van der Waals surface area contributed by atoms with Crippen LogP contribution in [0.2, 0.25) is 0 Å². The number of nitrogen functional groups attached to an aromatic ring is 1. The molecule has 0 fully saturated rings. The number of nitrogens with two attached hydrogens (primary N) is 1. The lowest BCUT2D eigenvalue weighted by atomic mass is 10.3. The van der Waals surface area contributed by atoms with Gasteiger partial charge in [-0.2, -0.15) is 0 Å². The van der Waals surface area contributed by atoms with E-state index < -0.39 is 4.92 Å². The fourth-order valence-corrected chi connectivity index (χ4v) is 2.69. The molecule has 0 aliphatic carbocycles. The maximum Gasteiger partial charge on any atom is 0.285 e. The Labute approximate surface area is 121 Å². The highest BCUT2D eigenvalue weighted by molar-refractivity contribution is 7.16. The lowest BCUT2D eigenvalue weighted by molar-refractivity contribution is -0.385. The zero-order valence-corrected chi connectivity index (χ0v) is 11.4. The maximum atomic E-state index is 11.8. The van der Waals surface area contributed by atoms with E-state index in [1.165, 1.54) is 22.1 Å². The van der Waals surface area contributed by atoms with E-state index in [-0.39, 0.29) is 17.8 Å². The summed E-state index contributed by atoms with van der Waals surface area (Å²) in [7, 11) is 0. The van der Waals surface area contributed by atoms with Gasteiger partial charge < -0.3 is 10.3 Å². The van der Waals surface area contributed by atoms with Crippen LogP contribution in [0.3, 0.4) is 0 Å². The zero-order valence-electron chi connectivity index (χ0n) is 10.6. The molecular formula is C12H9N5O3S. The molecule has 0 radical (unpaired) electrons. The number of thiophene rings is 1. The summed E-state index contributed by atoms with van der Waals surface area (Å²) in [4.78, 5) is 31.1. The van der Waals surface area contributed by atoms with Gasteiger partial charge in [0.2, 0.25) is 0 Å². The summed E-state index contributed by atoms with van der Waals surface area (Å²) in [5, 5.41) is 13.4. The zero-order chi connectivity index (χ0) is 15.0. The van der Waals surface area contributed by atoms with E-state index in [0.29, 0.717) is 11.6 Å². The molecule has 21 heavy (non-hydrogen) atoms. The van der Waals surface area contributed by atoms with Gasteiger partial charge in [-0.15, -0.1) is 11.3 Å². The first kappa shape index (κ1) is 13.2. The Morgan fingerprint density at radius 2 is 2.14 bits per heavy atom. The van der Waals surface area contributed by atoms with Crippen LogP contribution in [-0.4, -0.2) is 19.5 Å². The molecule has 0 aliphatic rings. The molecule has 0 atom stereocenters. The van der Waals surface area contributed by atoms with Crippen LogP contribution in [0, 0.1) is 10.1 Å². The van der Waals surface area contributed by atoms with Crippen LogP contribution in [0.25, 0.3) is 10.2 Å². The van der Waals surface area contributed by atoms with Crippen molar-refractivity contribution in [3.05, 3.63) is 56.1 Å². The summed E-state index contributed by atoms with van der Waals surface area (Å²) in [6.45, 7) is 0.0263. The third kappa shape index (κ3) is 2.46. The van der Waals surface area contributed by atoms with Crippen LogP contribution in [0.5, 0.6) is 0 Å². The Kier molecular flexibility index (Phi) is 3.10. The molecule has 0 spiro atoms. The van der Waals surface area contributed by atoms with Gasteiger partial charge in [0.25, 0.3) is 11.2 Å². The number of fused-ring (bicyclic) bond motifs is 1. The quantitative estimate of drug-likeness (QED) is 0.577. The second kappa shape index (κ2) is 4.94. The first-order valence-corrected chi connectivity index (χ1v) is 6.77. The number of nitrogens with zero attached hydrogens (tertiary/aromatic N) is 4. The van der Waals surface area contributed by atoms with E-state index in [1.807, 2.05) is 11.4 Å². The van der Waals surface area contributed by atoms with Crippen molar-refractivity contribution in [2.24, 2.45) is 0 Å². The van der Waals surface area contributed by atoms with Gasteiger partial charge in [-0.05, 0) is 11.4 Å². The number of nitro groups is 1. The van der Waals surface area contributed by atoms with Crippen molar-refractivity contribution >= 4 is 33.1 Å². The highest BCUT2D eigenvalue weighted by Gasteiger charge is 2.11. The van der Waals surface area contributed by atoms with Crippen LogP contribution < -0.4 is 11.3 Å². The highest BCUT2D eigenvalue weighted by atomic mass is 32.1. The smallest absolute Gasteiger partial charge is 0.285 e. The standard InChI is InChI=1S/C12H9N5O3S/c13-11-8-3-4-21-12(8)15-9(14-11)6-16-5-7(17(19)20)1-2-10(16)18/h1-5H,6H2,(H2,13,14,15). The molecular weight excluding hydrogens is 294 g/mol. The minimum absolute atomic E-state index is 0.0263. The largest absolute Gasteiger partial charge is 0.383 e. The Morgan fingerprint density at radius 3 is 2.90 bits per heavy atom. The first-order chi connectivity index (χ1) is 10.0. The fraction of sp³-hybridized carbons (Fsp3) is 0.0833. The van der Waals surface area contributed by atoms with Crippen LogP contribution in [0.4, 0.5) is 11.5 Å². The van der Waals surface area contributed by atoms with Gasteiger partial charge in [0.1, 0.15) is 10.6 Å². The number of pyridine rings is 1. The molecule has 2 N–H and O–H groups in total. The second-order valence-corrected chi connectivity index (χ2v) is 5.17. The molecule has 0 unspecified atom stereocenters. The fourth-order valence-electron chi connectivity index (χ4n) is 1.90. The minimum Gasteiger partial charge on any atom is -0.383 e. The number of anilines is 1. The summed E-state index contributed by atoms with van der Waals surface area (Å²) in [5.74, 6) is 0.666. The molecule has 0 aromatic carbocycles. The Morgan fingerprint density at radius 1 is 1.33 bits per heavy atom. The molecule has 3 heterocycles. The average molecular weight is 303 g/mol. The van der Waals surface area contributed by atoms with E-state index in [9.17, 15) is 14.9 Å². The minimum atomic E-state index is -0.562. The van der Waals surface area contributed by atoms with Crippen LogP contribution in [0.15, 0.2) is 34.6 Å². The molecule has 106 valence electrons. The molecule has 0 saturated carbocycles. The second-order valence-electron chi connectivity index (χ2n) is 4.28. The lowest BCUT2D eigenvalue weighted by Gasteiger charge is -2.05. The van der Waals surface area contributed by atoms with Gasteiger partial charge in [0.15, 0.2) is 5.82 Å². The van der Waals surface area contributed by atoms with Crippen molar-refractivity contribution in [3.63, 3.8) is 0 Å². The van der Waals surface area contributed by atoms with Crippen LogP contribution in [0.1, 0.15) is 5.82 Å². The molecule has 0 saturated heterocycles. The van der Waals surface area contributed by atoms with Crippen LogP contribution >= 0.6 is 11.3 Å². The van der Waals surface area contributed by atoms with E-state index in [2.05, 4.69) is 9.97 Å². The number of hydrogen-bond donors (Lipinski definition) is 1. The van der Waals surface area contributed by atoms with Crippen molar-refractivity contribution in [2.45, 2.75) is 6.54 Å². The van der Waals surface area contributed by atoms with E-state index in [1.54, 1.807) is 0 Å². The van der Waals surface area contributed by atoms with Gasteiger partial charge >= 0.3 is 0 Å². The number of aromatic nitrogens is 3. The average Bonchev–Trinajstić information content (AvgIpc) is 2.90. The van der Waals surface area contributed by atoms with Crippen molar-refractivity contribution in [2.75, 3.05) is 5.73 Å². The molecule has 9 heteroatoms. The summed E-state index contributed by atoms with van der Waals surface area (Å²) in [6, 6.07) is 4.13. The van der Waals surface area contributed by atoms with Gasteiger partial charge in [-0.25, -0.2) is 9.97 Å². The normalized spacial score (nSPS) is 10.9. The Bertz CT molecular complexity index is 901. The Hall–Kier alpha value is -2.81. The Balaban J connectivity index is 2.03. The van der Waals surface area contributed by atoms with Crippen molar-refractivity contribution in [1.29, 1.82) is 0 Å². The summed E-state index contributed by atoms with van der Waals surface area (Å²) < 4.78 is 1.19. The van der Waals surface area contributed by atoms with E-state index >= 15 is 0 Å². The van der Waals surface area contributed by atoms with Crippen molar-refractivity contribution in [1.82, 2.24) is 14.5 Å². The van der Waals surface area contributed by atoms with E-state index in [0.717, 1.165) is 22.3 Å². The SMILES string of the molecule is Nc1nc(Cn2cc([N+](=O)[O-])ccc2=O)nc2sccc12. The molecule has 3 aromatic heterocycles. The van der Waals surface area contributed by atoms with Crippen LogP contribution in [-0.2, 0) is 6.54 Å². The molecule has 0 bridgehead atoms. The topological polar surface area (TPSA) is 117 Å². The highest BCUT2D eigenvalue weighted by Crippen LogP contribution is 2.23. The van der Waals surface area contributed by atoms with Gasteiger partial charge in [-0.3, -0.25) is 14.9 Å². The summed E-state index contributed by atoms with van der Waals surface area (Å²) >= 11 is 1.41. The summed E-state index contributed by atoms with van der Waals surface area (Å²) in [6.07, 6.45) is 1.17. The monoisotopic (exact) mass is 303 g/mol. The number of hydrogen-bond acceptors (Lipinski definition) is 7. The molecule has 0 amide bonds. The third-order valence-electron chi connectivity index (χ3n) is 2.89. The molecule has 0 aliphatic heterocycles.